The van der Waals surface area contributed by atoms with E-state index < -0.39 is 5.91 Å². The van der Waals surface area contributed by atoms with E-state index in [9.17, 15) is 9.59 Å². The number of carbonyl (C=O) groups excluding carboxylic acids is 2. The number of hydrogen-bond donors (Lipinski definition) is 2. The van der Waals surface area contributed by atoms with Crippen LogP contribution in [-0.2, 0) is 12.8 Å². The van der Waals surface area contributed by atoms with Crippen LogP contribution in [0.2, 0.25) is 0 Å². The predicted molar refractivity (Wildman–Crippen MR) is 109 cm³/mol. The van der Waals surface area contributed by atoms with Crippen LogP contribution in [0.5, 0.6) is 5.75 Å². The van der Waals surface area contributed by atoms with Gasteiger partial charge in [0.2, 0.25) is 5.91 Å². The van der Waals surface area contributed by atoms with Gasteiger partial charge in [0.1, 0.15) is 17.6 Å². The van der Waals surface area contributed by atoms with Crippen LogP contribution in [0.25, 0.3) is 11.1 Å². The summed E-state index contributed by atoms with van der Waals surface area (Å²) in [7, 11) is 0. The van der Waals surface area contributed by atoms with Gasteiger partial charge in [0.05, 0.1) is 12.1 Å². The van der Waals surface area contributed by atoms with Gasteiger partial charge in [0.25, 0.3) is 5.91 Å². The Morgan fingerprint density at radius 3 is 2.93 bits per heavy atom. The standard InChI is InChI=1S/C22H22N4O4/c1-2-4-16-9-19(26-30-16)22(28)25-12-17-8-13-5-3-6-18(20(13)29-17)14-7-15(21(23)27)11-24-10-14/h3,5-7,9-11,17H,2,4,8,12H2,1H3,(H2,23,27)(H,25,28). The second-order valence-corrected chi connectivity index (χ2v) is 7.20. The van der Waals surface area contributed by atoms with Crippen molar-refractivity contribution in [1.29, 1.82) is 0 Å². The summed E-state index contributed by atoms with van der Waals surface area (Å²) in [6.45, 7) is 2.37. The average molecular weight is 406 g/mol. The van der Waals surface area contributed by atoms with Gasteiger partial charge in [0, 0.05) is 42.4 Å². The molecule has 1 aromatic carbocycles. The number of benzene rings is 1. The van der Waals surface area contributed by atoms with Gasteiger partial charge in [0.15, 0.2) is 5.69 Å². The molecule has 1 atom stereocenters. The number of amides is 2. The Kier molecular flexibility index (Phi) is 5.47. The third-order valence-corrected chi connectivity index (χ3v) is 4.94. The normalized spacial score (nSPS) is 14.8. The Morgan fingerprint density at radius 1 is 1.27 bits per heavy atom. The summed E-state index contributed by atoms with van der Waals surface area (Å²) >= 11 is 0. The van der Waals surface area contributed by atoms with Gasteiger partial charge in [-0.05, 0) is 18.1 Å². The molecule has 0 aliphatic carbocycles. The molecule has 4 rings (SSSR count). The number of nitrogens with zero attached hydrogens (tertiary/aromatic N) is 2. The first-order chi connectivity index (χ1) is 14.5. The first kappa shape index (κ1) is 19.6. The molecule has 0 radical (unpaired) electrons. The second-order valence-electron chi connectivity index (χ2n) is 7.20. The monoisotopic (exact) mass is 406 g/mol. The van der Waals surface area contributed by atoms with Gasteiger partial charge in [-0.25, -0.2) is 0 Å². The van der Waals surface area contributed by atoms with Gasteiger partial charge < -0.3 is 20.3 Å². The molecule has 30 heavy (non-hydrogen) atoms. The largest absolute Gasteiger partial charge is 0.487 e. The molecule has 3 aromatic rings. The SMILES string of the molecule is CCCc1cc(C(=O)NCC2Cc3cccc(-c4cncc(C(N)=O)c4)c3O2)no1. The number of aromatic nitrogens is 2. The maximum Gasteiger partial charge on any atom is 0.273 e. The molecule has 1 aliphatic heterocycles. The fourth-order valence-electron chi connectivity index (χ4n) is 3.48. The Labute approximate surface area is 173 Å². The maximum absolute atomic E-state index is 12.3. The Hall–Kier alpha value is -3.68. The van der Waals surface area contributed by atoms with E-state index in [1.165, 1.54) is 6.20 Å². The van der Waals surface area contributed by atoms with E-state index in [0.29, 0.717) is 24.3 Å². The third kappa shape index (κ3) is 4.03. The number of para-hydroxylation sites is 1. The topological polar surface area (TPSA) is 120 Å². The van der Waals surface area contributed by atoms with Crippen LogP contribution < -0.4 is 15.8 Å². The third-order valence-electron chi connectivity index (χ3n) is 4.94. The fraction of sp³-hybridized carbons (Fsp3) is 0.273. The summed E-state index contributed by atoms with van der Waals surface area (Å²) in [6, 6.07) is 9.19. The van der Waals surface area contributed by atoms with Crippen LogP contribution in [0.3, 0.4) is 0 Å². The van der Waals surface area contributed by atoms with Gasteiger partial charge in [-0.2, -0.15) is 0 Å². The number of primary amides is 1. The minimum atomic E-state index is -0.534. The molecule has 0 saturated carbocycles. The van der Waals surface area contributed by atoms with E-state index >= 15 is 0 Å². The number of rotatable bonds is 7. The van der Waals surface area contributed by atoms with Crippen LogP contribution in [0.1, 0.15) is 45.5 Å². The smallest absolute Gasteiger partial charge is 0.273 e. The molecule has 8 nitrogen and oxygen atoms in total. The highest BCUT2D eigenvalue weighted by Gasteiger charge is 2.27. The molecule has 154 valence electrons. The molecule has 3 N–H and O–H groups in total. The van der Waals surface area contributed by atoms with E-state index in [-0.39, 0.29) is 17.7 Å². The quantitative estimate of drug-likeness (QED) is 0.622. The van der Waals surface area contributed by atoms with Crippen molar-refractivity contribution >= 4 is 11.8 Å². The van der Waals surface area contributed by atoms with Crippen molar-refractivity contribution in [2.75, 3.05) is 6.54 Å². The lowest BCUT2D eigenvalue weighted by molar-refractivity contribution is 0.0924. The number of pyridine rings is 1. The molecule has 1 aliphatic rings. The van der Waals surface area contributed by atoms with Crippen LogP contribution in [0.15, 0.2) is 47.2 Å². The number of nitrogens with two attached hydrogens (primary N) is 1. The molecule has 0 bridgehead atoms. The molecule has 3 heterocycles. The molecule has 0 saturated heterocycles. The minimum Gasteiger partial charge on any atom is -0.487 e. The van der Waals surface area contributed by atoms with E-state index in [1.807, 2.05) is 25.1 Å². The highest BCUT2D eigenvalue weighted by molar-refractivity contribution is 5.94. The highest BCUT2D eigenvalue weighted by Crippen LogP contribution is 2.38. The van der Waals surface area contributed by atoms with E-state index in [1.54, 1.807) is 18.3 Å². The molecule has 2 aromatic heterocycles. The number of fused-ring (bicyclic) bond motifs is 1. The van der Waals surface area contributed by atoms with Crippen molar-refractivity contribution in [3.8, 4) is 16.9 Å². The van der Waals surface area contributed by atoms with Gasteiger partial charge in [-0.3, -0.25) is 14.6 Å². The van der Waals surface area contributed by atoms with Crippen LogP contribution in [0.4, 0.5) is 0 Å². The summed E-state index contributed by atoms with van der Waals surface area (Å²) in [4.78, 5) is 27.9. The number of ether oxygens (including phenoxy) is 1. The summed E-state index contributed by atoms with van der Waals surface area (Å²) in [5, 5.41) is 6.68. The molecule has 1 unspecified atom stereocenters. The van der Waals surface area contributed by atoms with E-state index in [2.05, 4.69) is 15.5 Å². The Bertz CT molecular complexity index is 1090. The fourth-order valence-corrected chi connectivity index (χ4v) is 3.48. The maximum atomic E-state index is 12.3. The lowest BCUT2D eigenvalue weighted by atomic mass is 10.0. The minimum absolute atomic E-state index is 0.209. The zero-order chi connectivity index (χ0) is 21.1. The number of nitrogens with one attached hydrogen (secondary N) is 1. The van der Waals surface area contributed by atoms with Crippen molar-refractivity contribution in [1.82, 2.24) is 15.5 Å². The first-order valence-corrected chi connectivity index (χ1v) is 9.82. The molecule has 2 amide bonds. The van der Waals surface area contributed by atoms with Crippen LogP contribution >= 0.6 is 0 Å². The molecule has 0 fully saturated rings. The molecular weight excluding hydrogens is 384 g/mol. The highest BCUT2D eigenvalue weighted by atomic mass is 16.5. The van der Waals surface area contributed by atoms with Crippen molar-refractivity contribution in [2.24, 2.45) is 5.73 Å². The number of hydrogen-bond acceptors (Lipinski definition) is 6. The zero-order valence-corrected chi connectivity index (χ0v) is 16.6. The average Bonchev–Trinajstić information content (AvgIpc) is 3.39. The van der Waals surface area contributed by atoms with Gasteiger partial charge in [-0.1, -0.05) is 30.3 Å². The Balaban J connectivity index is 1.45. The van der Waals surface area contributed by atoms with Crippen LogP contribution in [0, 0.1) is 0 Å². The molecular formula is C22H22N4O4. The lowest BCUT2D eigenvalue weighted by Crippen LogP contribution is -2.34. The van der Waals surface area contributed by atoms with E-state index in [0.717, 1.165) is 35.3 Å². The predicted octanol–water partition coefficient (Wildman–Crippen LogP) is 2.52. The van der Waals surface area contributed by atoms with Crippen LogP contribution in [-0.4, -0.2) is 34.6 Å². The summed E-state index contributed by atoms with van der Waals surface area (Å²) in [6.07, 6.45) is 5.22. The van der Waals surface area contributed by atoms with Crippen molar-refractivity contribution in [3.05, 3.63) is 65.3 Å². The van der Waals surface area contributed by atoms with Gasteiger partial charge in [-0.15, -0.1) is 0 Å². The first-order valence-electron chi connectivity index (χ1n) is 9.82. The van der Waals surface area contributed by atoms with Crippen molar-refractivity contribution < 1.29 is 18.8 Å². The Morgan fingerprint density at radius 2 is 2.13 bits per heavy atom. The number of aryl methyl sites for hydroxylation is 1. The van der Waals surface area contributed by atoms with Crippen molar-refractivity contribution in [2.45, 2.75) is 32.3 Å². The summed E-state index contributed by atoms with van der Waals surface area (Å²) < 4.78 is 11.3. The summed E-state index contributed by atoms with van der Waals surface area (Å²) in [5.41, 5.74) is 8.58. The van der Waals surface area contributed by atoms with Crippen molar-refractivity contribution in [3.63, 3.8) is 0 Å². The number of carbonyl (C=O) groups is 2. The second kappa shape index (κ2) is 8.36. The van der Waals surface area contributed by atoms with Gasteiger partial charge >= 0.3 is 0 Å². The lowest BCUT2D eigenvalue weighted by Gasteiger charge is -2.13. The molecule has 0 spiro atoms. The molecule has 8 heteroatoms. The summed E-state index contributed by atoms with van der Waals surface area (Å²) in [5.74, 6) is 0.600. The van der Waals surface area contributed by atoms with E-state index in [4.69, 9.17) is 15.0 Å². The zero-order valence-electron chi connectivity index (χ0n) is 16.6.